The lowest BCUT2D eigenvalue weighted by atomic mass is 9.98. The number of hydrogen-bond donors (Lipinski definition) is 2. The Morgan fingerprint density at radius 1 is 1.29 bits per heavy atom. The minimum absolute atomic E-state index is 0.0249. The summed E-state index contributed by atoms with van der Waals surface area (Å²) in [5.74, 6) is -0.953. The molecule has 0 bridgehead atoms. The summed E-state index contributed by atoms with van der Waals surface area (Å²) in [5.41, 5.74) is 0.293. The molecule has 1 aromatic heterocycles. The highest BCUT2D eigenvalue weighted by Gasteiger charge is 2.26. The first kappa shape index (κ1) is 17.5. The fourth-order valence-electron chi connectivity index (χ4n) is 2.23. The third kappa shape index (κ3) is 4.34. The number of aromatic nitrogens is 2. The van der Waals surface area contributed by atoms with Crippen molar-refractivity contribution in [3.8, 4) is 11.4 Å². The predicted molar refractivity (Wildman–Crippen MR) is 88.5 cm³/mol. The Balaban J connectivity index is 2.20. The number of benzene rings is 1. The van der Waals surface area contributed by atoms with E-state index < -0.39 is 17.4 Å². The van der Waals surface area contributed by atoms with Gasteiger partial charge in [-0.2, -0.15) is 5.10 Å². The summed E-state index contributed by atoms with van der Waals surface area (Å²) >= 11 is 0. The summed E-state index contributed by atoms with van der Waals surface area (Å²) in [7, 11) is 1.47. The highest BCUT2D eigenvalue weighted by molar-refractivity contribution is 5.95. The number of amides is 1. The van der Waals surface area contributed by atoms with E-state index >= 15 is 0 Å². The summed E-state index contributed by atoms with van der Waals surface area (Å²) in [6.45, 7) is 3.54. The number of aliphatic carboxylic acids is 1. The first-order chi connectivity index (χ1) is 11.3. The summed E-state index contributed by atoms with van der Waals surface area (Å²) in [6.07, 6.45) is 1.92. The molecule has 7 heteroatoms. The maximum atomic E-state index is 12.5. The molecule has 128 valence electrons. The number of rotatable bonds is 7. The number of carboxylic acid groups (broad SMARTS) is 1. The van der Waals surface area contributed by atoms with Gasteiger partial charge in [0.2, 0.25) is 0 Å². The van der Waals surface area contributed by atoms with Crippen molar-refractivity contribution in [1.82, 2.24) is 15.1 Å². The highest BCUT2D eigenvalue weighted by atomic mass is 16.5. The van der Waals surface area contributed by atoms with Gasteiger partial charge in [-0.15, -0.1) is 0 Å². The van der Waals surface area contributed by atoms with Crippen molar-refractivity contribution in [2.75, 3.05) is 7.11 Å². The normalized spacial score (nSPS) is 11.1. The molecule has 1 amide bonds. The van der Waals surface area contributed by atoms with Gasteiger partial charge < -0.3 is 15.2 Å². The van der Waals surface area contributed by atoms with Crippen LogP contribution in [0, 0.1) is 0 Å². The highest BCUT2D eigenvalue weighted by Crippen LogP contribution is 2.21. The summed E-state index contributed by atoms with van der Waals surface area (Å²) in [5, 5.41) is 15.9. The fourth-order valence-corrected chi connectivity index (χ4v) is 2.23. The van der Waals surface area contributed by atoms with Crippen molar-refractivity contribution in [2.24, 2.45) is 0 Å². The molecule has 0 unspecified atom stereocenters. The van der Waals surface area contributed by atoms with Crippen LogP contribution in [0.3, 0.4) is 0 Å². The number of carbonyl (C=O) groups excluding carboxylic acids is 1. The Bertz CT molecular complexity index is 723. The van der Waals surface area contributed by atoms with Crippen molar-refractivity contribution in [1.29, 1.82) is 0 Å². The Kier molecular flexibility index (Phi) is 5.23. The van der Waals surface area contributed by atoms with Crippen LogP contribution in [0.5, 0.6) is 5.75 Å². The first-order valence-electron chi connectivity index (χ1n) is 7.56. The van der Waals surface area contributed by atoms with Crippen LogP contribution >= 0.6 is 0 Å². The molecule has 2 aromatic rings. The lowest BCUT2D eigenvalue weighted by Crippen LogP contribution is -2.44. The number of ether oxygens (including phenoxy) is 1. The maximum absolute atomic E-state index is 12.5. The molecule has 0 radical (unpaired) electrons. The molecular formula is C17H21N3O4. The van der Waals surface area contributed by atoms with E-state index in [4.69, 9.17) is 9.84 Å². The minimum Gasteiger partial charge on any atom is -0.493 e. The van der Waals surface area contributed by atoms with Crippen LogP contribution in [0.1, 0.15) is 37.2 Å². The molecular weight excluding hydrogens is 310 g/mol. The van der Waals surface area contributed by atoms with Gasteiger partial charge in [0.25, 0.3) is 5.91 Å². The molecule has 0 fully saturated rings. The smallest absolute Gasteiger partial charge is 0.303 e. The lowest BCUT2D eigenvalue weighted by molar-refractivity contribution is -0.137. The van der Waals surface area contributed by atoms with Crippen LogP contribution < -0.4 is 10.1 Å². The maximum Gasteiger partial charge on any atom is 0.303 e. The van der Waals surface area contributed by atoms with E-state index in [1.165, 1.54) is 7.11 Å². The fraction of sp³-hybridized carbons (Fsp3) is 0.353. The van der Waals surface area contributed by atoms with Gasteiger partial charge in [0.1, 0.15) is 0 Å². The van der Waals surface area contributed by atoms with Gasteiger partial charge in [-0.05, 0) is 32.4 Å². The zero-order chi connectivity index (χ0) is 17.7. The lowest BCUT2D eigenvalue weighted by Gasteiger charge is -2.25. The Morgan fingerprint density at radius 2 is 1.96 bits per heavy atom. The number of carbonyl (C=O) groups is 2. The van der Waals surface area contributed by atoms with E-state index in [1.807, 2.05) is 30.3 Å². The molecule has 0 aliphatic carbocycles. The average Bonchev–Trinajstić information content (AvgIpc) is 2.98. The zero-order valence-corrected chi connectivity index (χ0v) is 13.9. The topological polar surface area (TPSA) is 93.5 Å². The largest absolute Gasteiger partial charge is 0.493 e. The van der Waals surface area contributed by atoms with Crippen molar-refractivity contribution in [3.63, 3.8) is 0 Å². The number of methoxy groups -OCH3 is 1. The van der Waals surface area contributed by atoms with Crippen molar-refractivity contribution in [3.05, 3.63) is 42.2 Å². The van der Waals surface area contributed by atoms with Crippen molar-refractivity contribution in [2.45, 2.75) is 32.2 Å². The van der Waals surface area contributed by atoms with Gasteiger partial charge in [-0.25, -0.2) is 4.68 Å². The molecule has 1 heterocycles. The van der Waals surface area contributed by atoms with Crippen LogP contribution in [-0.4, -0.2) is 39.4 Å². The van der Waals surface area contributed by atoms with Gasteiger partial charge in [0.05, 0.1) is 19.0 Å². The van der Waals surface area contributed by atoms with Gasteiger partial charge >= 0.3 is 5.97 Å². The molecule has 0 spiro atoms. The molecule has 0 aliphatic heterocycles. The van der Waals surface area contributed by atoms with E-state index in [0.717, 1.165) is 5.69 Å². The van der Waals surface area contributed by atoms with E-state index in [2.05, 4.69) is 10.4 Å². The van der Waals surface area contributed by atoms with Gasteiger partial charge in [-0.1, -0.05) is 18.2 Å². The second-order valence-electron chi connectivity index (χ2n) is 6.06. The van der Waals surface area contributed by atoms with Gasteiger partial charge in [-0.3, -0.25) is 9.59 Å². The van der Waals surface area contributed by atoms with Crippen LogP contribution in [0.25, 0.3) is 5.69 Å². The van der Waals surface area contributed by atoms with Gasteiger partial charge in [0.15, 0.2) is 11.4 Å². The second-order valence-corrected chi connectivity index (χ2v) is 6.06. The van der Waals surface area contributed by atoms with Crippen molar-refractivity contribution >= 4 is 11.9 Å². The van der Waals surface area contributed by atoms with E-state index in [1.54, 1.807) is 24.7 Å². The van der Waals surface area contributed by atoms with Crippen LogP contribution in [0.2, 0.25) is 0 Å². The van der Waals surface area contributed by atoms with E-state index in [9.17, 15) is 9.59 Å². The molecule has 1 aromatic carbocycles. The summed E-state index contributed by atoms with van der Waals surface area (Å²) < 4.78 is 6.81. The number of nitrogens with one attached hydrogen (secondary N) is 1. The molecule has 0 saturated heterocycles. The molecule has 2 N–H and O–H groups in total. The molecule has 7 nitrogen and oxygen atoms in total. The second kappa shape index (κ2) is 7.16. The van der Waals surface area contributed by atoms with Crippen LogP contribution in [0.4, 0.5) is 0 Å². The first-order valence-corrected chi connectivity index (χ1v) is 7.56. The summed E-state index contributed by atoms with van der Waals surface area (Å²) in [4.78, 5) is 23.2. The van der Waals surface area contributed by atoms with Crippen molar-refractivity contribution < 1.29 is 19.4 Å². The van der Waals surface area contributed by atoms with Gasteiger partial charge in [0, 0.05) is 12.0 Å². The average molecular weight is 331 g/mol. The Hall–Kier alpha value is -2.83. The van der Waals surface area contributed by atoms with E-state index in [-0.39, 0.29) is 12.1 Å². The summed E-state index contributed by atoms with van der Waals surface area (Å²) in [6, 6.07) is 9.37. The number of para-hydroxylation sites is 1. The minimum atomic E-state index is -0.900. The van der Waals surface area contributed by atoms with Crippen LogP contribution in [-0.2, 0) is 4.79 Å². The third-order valence-electron chi connectivity index (χ3n) is 3.55. The van der Waals surface area contributed by atoms with Crippen LogP contribution in [0.15, 0.2) is 36.5 Å². The standard InChI is InChI=1S/C17H21N3O4/c1-17(2,10-9-14(21)22)18-16(23)15-13(24-3)11-20(19-15)12-7-5-4-6-8-12/h4-8,11H,9-10H2,1-3H3,(H,18,23)(H,21,22). The predicted octanol–water partition coefficient (Wildman–Crippen LogP) is 2.25. The Labute approximate surface area is 140 Å². The Morgan fingerprint density at radius 3 is 2.54 bits per heavy atom. The quantitative estimate of drug-likeness (QED) is 0.811. The zero-order valence-electron chi connectivity index (χ0n) is 13.9. The number of nitrogens with zero attached hydrogens (tertiary/aromatic N) is 2. The number of carboxylic acids is 1. The molecule has 0 atom stereocenters. The molecule has 2 rings (SSSR count). The molecule has 0 aliphatic rings. The molecule has 24 heavy (non-hydrogen) atoms. The number of hydrogen-bond acceptors (Lipinski definition) is 4. The monoisotopic (exact) mass is 331 g/mol. The molecule has 0 saturated carbocycles. The third-order valence-corrected chi connectivity index (χ3v) is 3.55. The SMILES string of the molecule is COc1cn(-c2ccccc2)nc1C(=O)NC(C)(C)CCC(=O)O. The van der Waals surface area contributed by atoms with E-state index in [0.29, 0.717) is 12.2 Å².